The van der Waals surface area contributed by atoms with E-state index in [1.807, 2.05) is 18.2 Å². The third-order valence-electron chi connectivity index (χ3n) is 4.94. The van der Waals surface area contributed by atoms with Gasteiger partial charge in [0.25, 0.3) is 0 Å². The first-order valence-corrected chi connectivity index (χ1v) is 8.64. The Bertz CT molecular complexity index is 737. The second-order valence-corrected chi connectivity index (χ2v) is 6.64. The van der Waals surface area contributed by atoms with Crippen LogP contribution in [0.15, 0.2) is 53.5 Å². The van der Waals surface area contributed by atoms with E-state index in [2.05, 4.69) is 40.6 Å². The lowest BCUT2D eigenvalue weighted by Crippen LogP contribution is -2.37. The number of ether oxygens (including phenoxy) is 1. The molecule has 1 atom stereocenters. The van der Waals surface area contributed by atoms with Gasteiger partial charge in [-0.25, -0.2) is 0 Å². The van der Waals surface area contributed by atoms with Gasteiger partial charge in [-0.3, -0.25) is 4.99 Å². The molecule has 0 fully saturated rings. The zero-order valence-electron chi connectivity index (χ0n) is 14.2. The minimum Gasteiger partial charge on any atom is -0.493 e. The predicted octanol–water partition coefficient (Wildman–Crippen LogP) is 3.45. The molecule has 4 rings (SSSR count). The van der Waals surface area contributed by atoms with Crippen LogP contribution in [0.4, 0.5) is 0 Å². The van der Waals surface area contributed by atoms with Crippen LogP contribution < -0.4 is 15.8 Å². The molecule has 0 spiro atoms. The Hall–Kier alpha value is -1.76. The summed E-state index contributed by atoms with van der Waals surface area (Å²) in [6.07, 6.45) is 3.11. The van der Waals surface area contributed by atoms with Gasteiger partial charge in [0.15, 0.2) is 5.96 Å². The van der Waals surface area contributed by atoms with Crippen LogP contribution in [-0.4, -0.2) is 19.1 Å². The van der Waals surface area contributed by atoms with Crippen molar-refractivity contribution < 1.29 is 4.74 Å². The van der Waals surface area contributed by atoms with Crippen molar-refractivity contribution in [2.75, 3.05) is 13.2 Å². The molecule has 0 amide bonds. The van der Waals surface area contributed by atoms with Crippen LogP contribution in [0.2, 0.25) is 0 Å². The number of guanidine groups is 1. The second-order valence-electron chi connectivity index (χ2n) is 6.64. The molecule has 3 N–H and O–H groups in total. The van der Waals surface area contributed by atoms with Gasteiger partial charge in [0.05, 0.1) is 12.6 Å². The molecule has 1 aliphatic heterocycles. The second kappa shape index (κ2) is 8.08. The summed E-state index contributed by atoms with van der Waals surface area (Å²) >= 11 is 0. The van der Waals surface area contributed by atoms with Gasteiger partial charge in [0, 0.05) is 18.5 Å². The highest BCUT2D eigenvalue weighted by atomic mass is 127. The SMILES string of the molecule is I.NC(=NCC1Cc2ccccc2C1)NC1CCOc2ccccc21. The molecule has 5 heteroatoms. The van der Waals surface area contributed by atoms with Crippen LogP contribution in [0.1, 0.15) is 29.2 Å². The minimum atomic E-state index is 0. The highest BCUT2D eigenvalue weighted by molar-refractivity contribution is 14.0. The molecule has 1 unspecified atom stereocenters. The number of nitrogens with one attached hydrogen (secondary N) is 1. The normalized spacial score (nSPS) is 19.4. The molecule has 132 valence electrons. The first-order chi connectivity index (χ1) is 11.8. The molecule has 1 heterocycles. The summed E-state index contributed by atoms with van der Waals surface area (Å²) in [5.41, 5.74) is 10.2. The molecule has 2 aromatic carbocycles. The maximum atomic E-state index is 6.14. The van der Waals surface area contributed by atoms with Crippen LogP contribution in [0.5, 0.6) is 5.75 Å². The van der Waals surface area contributed by atoms with Crippen LogP contribution in [-0.2, 0) is 12.8 Å². The van der Waals surface area contributed by atoms with Gasteiger partial charge in [-0.1, -0.05) is 42.5 Å². The van der Waals surface area contributed by atoms with Gasteiger partial charge in [-0.15, -0.1) is 24.0 Å². The summed E-state index contributed by atoms with van der Waals surface area (Å²) < 4.78 is 5.69. The van der Waals surface area contributed by atoms with Crippen LogP contribution in [0.3, 0.4) is 0 Å². The largest absolute Gasteiger partial charge is 0.493 e. The van der Waals surface area contributed by atoms with E-state index in [0.29, 0.717) is 18.5 Å². The van der Waals surface area contributed by atoms with Crippen molar-refractivity contribution in [3.8, 4) is 5.75 Å². The van der Waals surface area contributed by atoms with Crippen molar-refractivity contribution in [3.05, 3.63) is 65.2 Å². The van der Waals surface area contributed by atoms with Crippen molar-refractivity contribution in [1.29, 1.82) is 0 Å². The number of nitrogens with zero attached hydrogens (tertiary/aromatic N) is 1. The molecule has 0 bridgehead atoms. The Labute approximate surface area is 165 Å². The molecule has 0 radical (unpaired) electrons. The number of para-hydroxylation sites is 1. The van der Waals surface area contributed by atoms with E-state index >= 15 is 0 Å². The maximum absolute atomic E-state index is 6.14. The van der Waals surface area contributed by atoms with Gasteiger partial charge in [-0.2, -0.15) is 0 Å². The number of fused-ring (bicyclic) bond motifs is 2. The van der Waals surface area contributed by atoms with Gasteiger partial charge in [0.2, 0.25) is 0 Å². The van der Waals surface area contributed by atoms with Crippen LogP contribution in [0.25, 0.3) is 0 Å². The van der Waals surface area contributed by atoms with E-state index in [1.54, 1.807) is 0 Å². The average Bonchev–Trinajstić information content (AvgIpc) is 3.03. The average molecular weight is 449 g/mol. The summed E-state index contributed by atoms with van der Waals surface area (Å²) in [7, 11) is 0. The van der Waals surface area contributed by atoms with Crippen LogP contribution >= 0.6 is 24.0 Å². The number of hydrogen-bond donors (Lipinski definition) is 2. The van der Waals surface area contributed by atoms with Gasteiger partial charge < -0.3 is 15.8 Å². The zero-order valence-corrected chi connectivity index (χ0v) is 16.5. The quantitative estimate of drug-likeness (QED) is 0.429. The first kappa shape index (κ1) is 18.0. The lowest BCUT2D eigenvalue weighted by molar-refractivity contribution is 0.262. The zero-order chi connectivity index (χ0) is 16.4. The Morgan fingerprint density at radius 2 is 1.76 bits per heavy atom. The molecule has 2 aromatic rings. The minimum absolute atomic E-state index is 0. The fraction of sp³-hybridized carbons (Fsp3) is 0.350. The third-order valence-corrected chi connectivity index (χ3v) is 4.94. The number of rotatable bonds is 3. The van der Waals surface area contributed by atoms with Crippen molar-refractivity contribution in [2.45, 2.75) is 25.3 Å². The summed E-state index contributed by atoms with van der Waals surface area (Å²) in [6, 6.07) is 17.0. The summed E-state index contributed by atoms with van der Waals surface area (Å²) in [6.45, 7) is 1.48. The molecule has 0 aromatic heterocycles. The molecule has 0 saturated heterocycles. The lowest BCUT2D eigenvalue weighted by Gasteiger charge is -2.27. The molecule has 2 aliphatic rings. The van der Waals surface area contributed by atoms with Crippen molar-refractivity contribution in [2.24, 2.45) is 16.6 Å². The molecule has 4 nitrogen and oxygen atoms in total. The molecular weight excluding hydrogens is 425 g/mol. The lowest BCUT2D eigenvalue weighted by atomic mass is 10.0. The Morgan fingerprint density at radius 1 is 1.08 bits per heavy atom. The Kier molecular flexibility index (Phi) is 5.83. The van der Waals surface area contributed by atoms with Crippen LogP contribution in [0, 0.1) is 5.92 Å². The maximum Gasteiger partial charge on any atom is 0.189 e. The fourth-order valence-corrected chi connectivity index (χ4v) is 3.72. The number of hydrogen-bond acceptors (Lipinski definition) is 2. The van der Waals surface area contributed by atoms with E-state index < -0.39 is 0 Å². The number of halogens is 1. The molecule has 25 heavy (non-hydrogen) atoms. The van der Waals surface area contributed by atoms with E-state index in [-0.39, 0.29) is 30.0 Å². The van der Waals surface area contributed by atoms with Crippen molar-refractivity contribution in [3.63, 3.8) is 0 Å². The number of benzene rings is 2. The highest BCUT2D eigenvalue weighted by Gasteiger charge is 2.22. The first-order valence-electron chi connectivity index (χ1n) is 8.64. The van der Waals surface area contributed by atoms with Crippen molar-refractivity contribution in [1.82, 2.24) is 5.32 Å². The monoisotopic (exact) mass is 449 g/mol. The summed E-state index contributed by atoms with van der Waals surface area (Å²) in [5.74, 6) is 2.04. The van der Waals surface area contributed by atoms with Gasteiger partial charge in [-0.05, 0) is 36.0 Å². The van der Waals surface area contributed by atoms with Crippen molar-refractivity contribution >= 4 is 29.9 Å². The van der Waals surface area contributed by atoms with E-state index in [0.717, 1.165) is 37.1 Å². The third kappa shape index (κ3) is 4.08. The highest BCUT2D eigenvalue weighted by Crippen LogP contribution is 2.31. The number of nitrogens with two attached hydrogens (primary N) is 1. The predicted molar refractivity (Wildman–Crippen MR) is 112 cm³/mol. The topological polar surface area (TPSA) is 59.6 Å². The Morgan fingerprint density at radius 3 is 2.52 bits per heavy atom. The van der Waals surface area contributed by atoms with E-state index in [9.17, 15) is 0 Å². The van der Waals surface area contributed by atoms with E-state index in [4.69, 9.17) is 10.5 Å². The Balaban J connectivity index is 0.00000182. The smallest absolute Gasteiger partial charge is 0.189 e. The number of aliphatic imine (C=N–C) groups is 1. The summed E-state index contributed by atoms with van der Waals surface area (Å²) in [5, 5.41) is 3.37. The fourth-order valence-electron chi connectivity index (χ4n) is 3.72. The molecular formula is C20H24IN3O. The van der Waals surface area contributed by atoms with E-state index in [1.165, 1.54) is 11.1 Å². The standard InChI is InChI=1S/C20H23N3O.HI/c21-20(22-13-14-11-15-5-1-2-6-16(15)12-14)23-18-9-10-24-19-8-4-3-7-17(18)19;/h1-8,14,18H,9-13H2,(H3,21,22,23);1H. The summed E-state index contributed by atoms with van der Waals surface area (Å²) in [4.78, 5) is 4.60. The van der Waals surface area contributed by atoms with Gasteiger partial charge in [0.1, 0.15) is 5.75 Å². The molecule has 0 saturated carbocycles. The molecule has 1 aliphatic carbocycles. The van der Waals surface area contributed by atoms with Gasteiger partial charge >= 0.3 is 0 Å².